The van der Waals surface area contributed by atoms with Crippen LogP contribution in [0.1, 0.15) is 23.8 Å². The van der Waals surface area contributed by atoms with Crippen LogP contribution in [0.4, 0.5) is 5.95 Å². The molecule has 1 unspecified atom stereocenters. The minimum atomic E-state index is 0.0372. The summed E-state index contributed by atoms with van der Waals surface area (Å²) in [5, 5.41) is 12.1. The Hall–Kier alpha value is -2.48. The van der Waals surface area contributed by atoms with Crippen LogP contribution in [0.2, 0.25) is 0 Å². The van der Waals surface area contributed by atoms with Crippen LogP contribution < -0.4 is 20.7 Å². The summed E-state index contributed by atoms with van der Waals surface area (Å²) in [6.07, 6.45) is 3.85. The van der Waals surface area contributed by atoms with E-state index in [9.17, 15) is 0 Å². The van der Waals surface area contributed by atoms with Crippen LogP contribution in [0.25, 0.3) is 11.3 Å². The molecule has 3 heterocycles. The van der Waals surface area contributed by atoms with Crippen LogP contribution in [0.3, 0.4) is 0 Å². The fourth-order valence-corrected chi connectivity index (χ4v) is 4.24. The zero-order valence-electron chi connectivity index (χ0n) is 16.6. The Labute approximate surface area is 175 Å². The van der Waals surface area contributed by atoms with Crippen molar-refractivity contribution in [3.8, 4) is 17.0 Å². The van der Waals surface area contributed by atoms with Gasteiger partial charge in [0.1, 0.15) is 11.9 Å². The van der Waals surface area contributed by atoms with Crippen molar-refractivity contribution in [2.45, 2.75) is 25.0 Å². The Balaban J connectivity index is 1.50. The quantitative estimate of drug-likeness (QED) is 0.500. The van der Waals surface area contributed by atoms with E-state index in [2.05, 4.69) is 50.6 Å². The van der Waals surface area contributed by atoms with Gasteiger partial charge in [0.15, 0.2) is 0 Å². The van der Waals surface area contributed by atoms with E-state index in [1.807, 2.05) is 31.4 Å². The van der Waals surface area contributed by atoms with E-state index in [-0.39, 0.29) is 6.10 Å². The third-order valence-electron chi connectivity index (χ3n) is 4.97. The van der Waals surface area contributed by atoms with Gasteiger partial charge in [-0.15, -0.1) is 11.3 Å². The number of anilines is 1. The second-order valence-corrected chi connectivity index (χ2v) is 8.12. The van der Waals surface area contributed by atoms with E-state index in [0.717, 1.165) is 49.5 Å². The monoisotopic (exact) mass is 409 g/mol. The molecule has 6 nitrogen and oxygen atoms in total. The Morgan fingerprint density at radius 1 is 1.28 bits per heavy atom. The molecule has 0 amide bonds. The maximum atomic E-state index is 6.36. The van der Waals surface area contributed by atoms with Gasteiger partial charge in [-0.05, 0) is 56.2 Å². The van der Waals surface area contributed by atoms with Crippen molar-refractivity contribution in [2.24, 2.45) is 0 Å². The fraction of sp³-hybridized carbons (Fsp3) is 0.364. The number of hydrogen-bond acceptors (Lipinski definition) is 7. The highest BCUT2D eigenvalue weighted by Gasteiger charge is 2.16. The van der Waals surface area contributed by atoms with Gasteiger partial charge in [0, 0.05) is 35.6 Å². The van der Waals surface area contributed by atoms with E-state index < -0.39 is 0 Å². The fourth-order valence-electron chi connectivity index (χ4n) is 3.45. The molecule has 152 valence electrons. The summed E-state index contributed by atoms with van der Waals surface area (Å²) in [4.78, 5) is 10.3. The van der Waals surface area contributed by atoms with Gasteiger partial charge in [-0.1, -0.05) is 18.2 Å². The lowest BCUT2D eigenvalue weighted by Gasteiger charge is -2.18. The molecular formula is C22H27N5OS. The predicted octanol–water partition coefficient (Wildman–Crippen LogP) is 3.71. The molecular weight excluding hydrogens is 382 g/mol. The third kappa shape index (κ3) is 5.32. The number of hydrogen-bond donors (Lipinski definition) is 3. The largest absolute Gasteiger partial charge is 0.485 e. The molecule has 2 aromatic heterocycles. The Bertz CT molecular complexity index is 896. The molecule has 1 saturated heterocycles. The zero-order chi connectivity index (χ0) is 19.9. The van der Waals surface area contributed by atoms with E-state index >= 15 is 0 Å². The molecule has 0 aliphatic carbocycles. The first-order valence-corrected chi connectivity index (χ1v) is 10.9. The third-order valence-corrected chi connectivity index (χ3v) is 5.94. The second kappa shape index (κ2) is 9.82. The van der Waals surface area contributed by atoms with Gasteiger partial charge in [0.25, 0.3) is 0 Å². The smallest absolute Gasteiger partial charge is 0.223 e. The summed E-state index contributed by atoms with van der Waals surface area (Å²) in [6, 6.07) is 14.7. The number of thiophene rings is 1. The molecule has 1 aliphatic rings. The van der Waals surface area contributed by atoms with Crippen LogP contribution in [0.15, 0.2) is 54.0 Å². The first kappa shape index (κ1) is 19.8. The summed E-state index contributed by atoms with van der Waals surface area (Å²) in [5.41, 5.74) is 1.91. The molecule has 0 radical (unpaired) electrons. The summed E-state index contributed by atoms with van der Waals surface area (Å²) in [5.74, 6) is 1.53. The van der Waals surface area contributed by atoms with Gasteiger partial charge in [-0.2, -0.15) is 0 Å². The SMILES string of the molecule is CNCC[C@@H](Oc1cccc(-c2ccnc(NC3CCNC3)n2)c1)c1cccs1. The Morgan fingerprint density at radius 2 is 2.24 bits per heavy atom. The summed E-state index contributed by atoms with van der Waals surface area (Å²) >= 11 is 1.73. The molecule has 4 rings (SSSR count). The molecule has 3 aromatic rings. The molecule has 0 spiro atoms. The number of nitrogens with zero attached hydrogens (tertiary/aromatic N) is 2. The zero-order valence-corrected chi connectivity index (χ0v) is 17.4. The lowest BCUT2D eigenvalue weighted by atomic mass is 10.1. The highest BCUT2D eigenvalue weighted by Crippen LogP contribution is 2.30. The summed E-state index contributed by atoms with van der Waals surface area (Å²) < 4.78 is 6.36. The van der Waals surface area contributed by atoms with Gasteiger partial charge >= 0.3 is 0 Å². The highest BCUT2D eigenvalue weighted by atomic mass is 32.1. The molecule has 1 fully saturated rings. The summed E-state index contributed by atoms with van der Waals surface area (Å²) in [7, 11) is 1.97. The number of nitrogens with one attached hydrogen (secondary N) is 3. The number of ether oxygens (including phenoxy) is 1. The molecule has 7 heteroatoms. The number of benzene rings is 1. The van der Waals surface area contributed by atoms with Gasteiger partial charge < -0.3 is 20.7 Å². The van der Waals surface area contributed by atoms with Crippen LogP contribution in [-0.2, 0) is 0 Å². The standard InChI is InChI=1S/C22H27N5OS/c1-23-10-9-20(21-6-3-13-29-21)28-18-5-2-4-16(14-18)19-8-12-25-22(27-19)26-17-7-11-24-15-17/h2-6,8,12-14,17,20,23-24H,7,9-11,15H2,1H3,(H,25,26,27)/t17?,20-/m1/s1. The highest BCUT2D eigenvalue weighted by molar-refractivity contribution is 7.10. The Kier molecular flexibility index (Phi) is 6.71. The second-order valence-electron chi connectivity index (χ2n) is 7.14. The van der Waals surface area contributed by atoms with Crippen LogP contribution >= 0.6 is 11.3 Å². The maximum absolute atomic E-state index is 6.36. The molecule has 0 saturated carbocycles. The number of rotatable bonds is 9. The van der Waals surface area contributed by atoms with Gasteiger partial charge in [0.2, 0.25) is 5.95 Å². The minimum Gasteiger partial charge on any atom is -0.485 e. The molecule has 2 atom stereocenters. The van der Waals surface area contributed by atoms with Crippen molar-refractivity contribution in [3.63, 3.8) is 0 Å². The van der Waals surface area contributed by atoms with E-state index in [4.69, 9.17) is 9.72 Å². The lowest BCUT2D eigenvalue weighted by molar-refractivity contribution is 0.199. The molecule has 1 aromatic carbocycles. The van der Waals surface area contributed by atoms with Crippen molar-refractivity contribution < 1.29 is 4.74 Å². The lowest BCUT2D eigenvalue weighted by Crippen LogP contribution is -2.23. The Morgan fingerprint density at radius 3 is 3.03 bits per heavy atom. The average molecular weight is 410 g/mol. The van der Waals surface area contributed by atoms with E-state index in [0.29, 0.717) is 12.0 Å². The van der Waals surface area contributed by atoms with Crippen LogP contribution in [0.5, 0.6) is 5.75 Å². The van der Waals surface area contributed by atoms with Gasteiger partial charge in [-0.25, -0.2) is 9.97 Å². The topological polar surface area (TPSA) is 71.1 Å². The van der Waals surface area contributed by atoms with E-state index in [1.54, 1.807) is 11.3 Å². The predicted molar refractivity (Wildman–Crippen MR) is 119 cm³/mol. The minimum absolute atomic E-state index is 0.0372. The van der Waals surface area contributed by atoms with Crippen LogP contribution in [-0.4, -0.2) is 42.7 Å². The number of aromatic nitrogens is 2. The van der Waals surface area contributed by atoms with Gasteiger partial charge in [-0.3, -0.25) is 0 Å². The molecule has 29 heavy (non-hydrogen) atoms. The van der Waals surface area contributed by atoms with Crippen molar-refractivity contribution in [1.82, 2.24) is 20.6 Å². The van der Waals surface area contributed by atoms with Gasteiger partial charge in [0.05, 0.1) is 5.69 Å². The van der Waals surface area contributed by atoms with Crippen molar-refractivity contribution in [1.29, 1.82) is 0 Å². The molecule has 0 bridgehead atoms. The normalized spacial score (nSPS) is 17.2. The first-order chi connectivity index (χ1) is 14.3. The first-order valence-electron chi connectivity index (χ1n) is 10.1. The van der Waals surface area contributed by atoms with Crippen molar-refractivity contribution >= 4 is 17.3 Å². The van der Waals surface area contributed by atoms with Crippen LogP contribution in [0, 0.1) is 0 Å². The average Bonchev–Trinajstić information content (AvgIpc) is 3.46. The van der Waals surface area contributed by atoms with E-state index in [1.165, 1.54) is 4.88 Å². The van der Waals surface area contributed by atoms with Crippen molar-refractivity contribution in [3.05, 3.63) is 58.9 Å². The molecule has 1 aliphatic heterocycles. The van der Waals surface area contributed by atoms with Crippen molar-refractivity contribution in [2.75, 3.05) is 32.0 Å². The maximum Gasteiger partial charge on any atom is 0.223 e. The summed E-state index contributed by atoms with van der Waals surface area (Å²) in [6.45, 7) is 2.89. The molecule has 3 N–H and O–H groups in total.